The van der Waals surface area contributed by atoms with Crippen LogP contribution >= 0.6 is 0 Å². The fourth-order valence-electron chi connectivity index (χ4n) is 1.63. The van der Waals surface area contributed by atoms with Crippen LogP contribution in [0.4, 0.5) is 4.39 Å². The molecule has 0 fully saturated rings. The molecule has 0 radical (unpaired) electrons. The lowest BCUT2D eigenvalue weighted by Gasteiger charge is -2.08. The zero-order valence-electron chi connectivity index (χ0n) is 10.6. The van der Waals surface area contributed by atoms with Crippen LogP contribution in [0.5, 0.6) is 5.75 Å². The summed E-state index contributed by atoms with van der Waals surface area (Å²) in [5.74, 6) is -0.189. The molecule has 0 aliphatic rings. The van der Waals surface area contributed by atoms with Crippen LogP contribution in [0.2, 0.25) is 0 Å². The Kier molecular flexibility index (Phi) is 4.23. The second-order valence-corrected chi connectivity index (χ2v) is 4.03. The topological polar surface area (TPSA) is 39.2 Å². The van der Waals surface area contributed by atoms with Gasteiger partial charge in [0.1, 0.15) is 11.6 Å². The summed E-state index contributed by atoms with van der Waals surface area (Å²) in [6.07, 6.45) is 2.38. The lowest BCUT2D eigenvalue weighted by atomic mass is 10.1. The van der Waals surface area contributed by atoms with Crippen molar-refractivity contribution in [3.8, 4) is 5.75 Å². The Bertz CT molecular complexity index is 567. The van der Waals surface area contributed by atoms with Crippen LogP contribution in [-0.4, -0.2) is 17.4 Å². The molecule has 1 heterocycles. The molecule has 0 N–H and O–H groups in total. The fraction of sp³-hybridized carbons (Fsp3) is 0.200. The predicted octanol–water partition coefficient (Wildman–Crippen LogP) is 3.24. The van der Waals surface area contributed by atoms with Gasteiger partial charge in [0.2, 0.25) is 5.78 Å². The van der Waals surface area contributed by atoms with Crippen LogP contribution in [0.3, 0.4) is 0 Å². The summed E-state index contributed by atoms with van der Waals surface area (Å²) in [5.41, 5.74) is 0.643. The third kappa shape index (κ3) is 3.16. The first-order chi connectivity index (χ1) is 9.22. The van der Waals surface area contributed by atoms with E-state index in [0.29, 0.717) is 17.9 Å². The van der Waals surface area contributed by atoms with Gasteiger partial charge in [-0.1, -0.05) is 6.92 Å². The van der Waals surface area contributed by atoms with Crippen molar-refractivity contribution >= 4 is 5.78 Å². The van der Waals surface area contributed by atoms with Gasteiger partial charge in [-0.3, -0.25) is 4.79 Å². The average molecular weight is 259 g/mol. The van der Waals surface area contributed by atoms with E-state index >= 15 is 0 Å². The van der Waals surface area contributed by atoms with Crippen molar-refractivity contribution in [2.45, 2.75) is 13.3 Å². The van der Waals surface area contributed by atoms with Gasteiger partial charge in [0.25, 0.3) is 0 Å². The lowest BCUT2D eigenvalue weighted by Crippen LogP contribution is -2.08. The van der Waals surface area contributed by atoms with E-state index in [9.17, 15) is 9.18 Å². The number of ketones is 1. The van der Waals surface area contributed by atoms with Crippen molar-refractivity contribution < 1.29 is 13.9 Å². The SMILES string of the molecule is CCCOc1cccnc1C(=O)c1ccc(F)cc1. The van der Waals surface area contributed by atoms with E-state index in [1.807, 2.05) is 6.92 Å². The second kappa shape index (κ2) is 6.09. The predicted molar refractivity (Wildman–Crippen MR) is 69.9 cm³/mol. The molecule has 4 heteroatoms. The van der Waals surface area contributed by atoms with Crippen LogP contribution in [0.1, 0.15) is 29.4 Å². The van der Waals surface area contributed by atoms with E-state index < -0.39 is 0 Å². The normalized spacial score (nSPS) is 10.2. The fourth-order valence-corrected chi connectivity index (χ4v) is 1.63. The monoisotopic (exact) mass is 259 g/mol. The Balaban J connectivity index is 2.30. The lowest BCUT2D eigenvalue weighted by molar-refractivity contribution is 0.103. The molecule has 2 aromatic rings. The standard InChI is InChI=1S/C15H14FNO2/c1-2-10-19-13-4-3-9-17-14(13)15(18)11-5-7-12(16)8-6-11/h3-9H,2,10H2,1H3. The highest BCUT2D eigenvalue weighted by Crippen LogP contribution is 2.19. The number of rotatable bonds is 5. The van der Waals surface area contributed by atoms with Crippen LogP contribution < -0.4 is 4.74 Å². The Morgan fingerprint density at radius 2 is 2.00 bits per heavy atom. The second-order valence-electron chi connectivity index (χ2n) is 4.03. The smallest absolute Gasteiger partial charge is 0.215 e. The highest BCUT2D eigenvalue weighted by molar-refractivity contribution is 6.09. The van der Waals surface area contributed by atoms with Crippen molar-refractivity contribution in [1.29, 1.82) is 0 Å². The third-order valence-corrected chi connectivity index (χ3v) is 2.55. The first kappa shape index (κ1) is 13.2. The van der Waals surface area contributed by atoms with Gasteiger partial charge in [-0.05, 0) is 42.8 Å². The molecule has 0 unspecified atom stereocenters. The molecular weight excluding hydrogens is 245 g/mol. The number of hydrogen-bond acceptors (Lipinski definition) is 3. The Labute approximate surface area is 111 Å². The molecule has 0 saturated heterocycles. The summed E-state index contributed by atoms with van der Waals surface area (Å²) in [6.45, 7) is 2.51. The van der Waals surface area contributed by atoms with Gasteiger partial charge in [-0.15, -0.1) is 0 Å². The first-order valence-electron chi connectivity index (χ1n) is 6.10. The van der Waals surface area contributed by atoms with Crippen molar-refractivity contribution in [3.63, 3.8) is 0 Å². The number of carbonyl (C=O) groups excluding carboxylic acids is 1. The molecular formula is C15H14FNO2. The Morgan fingerprint density at radius 1 is 1.26 bits per heavy atom. The third-order valence-electron chi connectivity index (χ3n) is 2.55. The van der Waals surface area contributed by atoms with E-state index in [1.54, 1.807) is 12.1 Å². The number of hydrogen-bond donors (Lipinski definition) is 0. The molecule has 0 atom stereocenters. The minimum absolute atomic E-state index is 0.252. The maximum Gasteiger partial charge on any atom is 0.215 e. The molecule has 0 saturated carbocycles. The molecule has 2 rings (SSSR count). The van der Waals surface area contributed by atoms with Crippen LogP contribution in [-0.2, 0) is 0 Å². The molecule has 1 aromatic carbocycles. The molecule has 3 nitrogen and oxygen atoms in total. The first-order valence-corrected chi connectivity index (χ1v) is 6.10. The van der Waals surface area contributed by atoms with E-state index in [1.165, 1.54) is 30.5 Å². The zero-order chi connectivity index (χ0) is 13.7. The van der Waals surface area contributed by atoms with Gasteiger partial charge in [0.15, 0.2) is 5.69 Å². The summed E-state index contributed by atoms with van der Waals surface area (Å²) in [7, 11) is 0. The van der Waals surface area contributed by atoms with Crippen LogP contribution in [0, 0.1) is 5.82 Å². The number of nitrogens with zero attached hydrogens (tertiary/aromatic N) is 1. The van der Waals surface area contributed by atoms with Crippen molar-refractivity contribution in [2.75, 3.05) is 6.61 Å². The summed E-state index contributed by atoms with van der Waals surface area (Å²) >= 11 is 0. The van der Waals surface area contributed by atoms with E-state index in [-0.39, 0.29) is 17.3 Å². The number of ether oxygens (including phenoxy) is 1. The maximum absolute atomic E-state index is 12.8. The summed E-state index contributed by atoms with van der Waals surface area (Å²) in [6, 6.07) is 8.81. The van der Waals surface area contributed by atoms with Crippen molar-refractivity contribution in [1.82, 2.24) is 4.98 Å². The van der Waals surface area contributed by atoms with E-state index in [0.717, 1.165) is 6.42 Å². The van der Waals surface area contributed by atoms with Gasteiger partial charge in [0.05, 0.1) is 6.61 Å². The molecule has 0 aliphatic carbocycles. The molecule has 98 valence electrons. The minimum atomic E-state index is -0.375. The zero-order valence-corrected chi connectivity index (χ0v) is 10.6. The van der Waals surface area contributed by atoms with Crippen molar-refractivity contribution in [2.24, 2.45) is 0 Å². The maximum atomic E-state index is 12.8. The Hall–Kier alpha value is -2.23. The molecule has 0 spiro atoms. The average Bonchev–Trinajstić information content (AvgIpc) is 2.45. The summed E-state index contributed by atoms with van der Waals surface area (Å²) in [4.78, 5) is 16.3. The van der Waals surface area contributed by atoms with Crippen LogP contribution in [0.25, 0.3) is 0 Å². The van der Waals surface area contributed by atoms with Crippen molar-refractivity contribution in [3.05, 3.63) is 59.7 Å². The number of pyridine rings is 1. The van der Waals surface area contributed by atoms with Gasteiger partial charge in [0, 0.05) is 11.8 Å². The van der Waals surface area contributed by atoms with Gasteiger partial charge >= 0.3 is 0 Å². The largest absolute Gasteiger partial charge is 0.491 e. The number of aromatic nitrogens is 1. The molecule has 1 aromatic heterocycles. The number of carbonyl (C=O) groups is 1. The minimum Gasteiger partial charge on any atom is -0.491 e. The highest BCUT2D eigenvalue weighted by Gasteiger charge is 2.15. The van der Waals surface area contributed by atoms with E-state index in [2.05, 4.69) is 4.98 Å². The highest BCUT2D eigenvalue weighted by atomic mass is 19.1. The van der Waals surface area contributed by atoms with E-state index in [4.69, 9.17) is 4.74 Å². The molecule has 0 bridgehead atoms. The Morgan fingerprint density at radius 3 is 2.68 bits per heavy atom. The molecule has 19 heavy (non-hydrogen) atoms. The van der Waals surface area contributed by atoms with Gasteiger partial charge in [-0.2, -0.15) is 0 Å². The molecule has 0 aliphatic heterocycles. The summed E-state index contributed by atoms with van der Waals surface area (Å²) < 4.78 is 18.3. The van der Waals surface area contributed by atoms with Crippen LogP contribution in [0.15, 0.2) is 42.6 Å². The number of benzene rings is 1. The number of halogens is 1. The summed E-state index contributed by atoms with van der Waals surface area (Å²) in [5, 5.41) is 0. The van der Waals surface area contributed by atoms with Gasteiger partial charge < -0.3 is 4.74 Å². The molecule has 0 amide bonds. The van der Waals surface area contributed by atoms with Gasteiger partial charge in [-0.25, -0.2) is 9.37 Å². The quantitative estimate of drug-likeness (QED) is 0.774.